The van der Waals surface area contributed by atoms with Gasteiger partial charge in [0.15, 0.2) is 0 Å². The van der Waals surface area contributed by atoms with Gasteiger partial charge in [0.05, 0.1) is 17.0 Å². The van der Waals surface area contributed by atoms with Crippen molar-refractivity contribution in [2.75, 3.05) is 30.6 Å². The van der Waals surface area contributed by atoms with E-state index in [1.165, 1.54) is 18.6 Å². The maximum Gasteiger partial charge on any atom is 0.251 e. The summed E-state index contributed by atoms with van der Waals surface area (Å²) in [5.74, 6) is 1.09. The molecule has 8 heteroatoms. The molecule has 146 valence electrons. The molecular formula is C18H28ClN3O3S. The quantitative estimate of drug-likeness (QED) is 0.768. The van der Waals surface area contributed by atoms with E-state index in [0.29, 0.717) is 17.4 Å². The molecule has 2 rings (SSSR count). The van der Waals surface area contributed by atoms with Crippen LogP contribution in [0.4, 0.5) is 5.69 Å². The minimum absolute atomic E-state index is 0.0120. The third-order valence-corrected chi connectivity index (χ3v) is 5.30. The van der Waals surface area contributed by atoms with Crippen molar-refractivity contribution in [1.29, 1.82) is 0 Å². The zero-order chi connectivity index (χ0) is 19.5. The van der Waals surface area contributed by atoms with Gasteiger partial charge in [-0.2, -0.15) is 0 Å². The van der Waals surface area contributed by atoms with Crippen molar-refractivity contribution < 1.29 is 13.2 Å². The number of hydrogen-bond donors (Lipinski definition) is 2. The van der Waals surface area contributed by atoms with Crippen LogP contribution in [0.5, 0.6) is 0 Å². The molecule has 1 fully saturated rings. The second-order valence-electron chi connectivity index (χ2n) is 7.61. The summed E-state index contributed by atoms with van der Waals surface area (Å²) in [6.45, 7) is 9.39. The molecule has 1 aromatic rings. The monoisotopic (exact) mass is 401 g/mol. The number of nitrogens with one attached hydrogen (secondary N) is 2. The lowest BCUT2D eigenvalue weighted by Gasteiger charge is -2.36. The summed E-state index contributed by atoms with van der Waals surface area (Å²) in [5.41, 5.74) is 0.570. The van der Waals surface area contributed by atoms with E-state index in [9.17, 15) is 13.2 Å². The number of nitrogens with zero attached hydrogens (tertiary/aromatic N) is 1. The Hall–Kier alpha value is -1.31. The van der Waals surface area contributed by atoms with Gasteiger partial charge < -0.3 is 10.2 Å². The molecule has 1 aliphatic rings. The average Bonchev–Trinajstić information content (AvgIpc) is 2.46. The summed E-state index contributed by atoms with van der Waals surface area (Å²) in [6, 6.07) is 4.55. The number of piperidine rings is 1. The van der Waals surface area contributed by atoms with Crippen LogP contribution in [0.2, 0.25) is 5.02 Å². The third kappa shape index (κ3) is 6.45. The highest BCUT2D eigenvalue weighted by Gasteiger charge is 2.23. The molecule has 0 bridgehead atoms. The van der Waals surface area contributed by atoms with Crippen LogP contribution in [0.15, 0.2) is 18.2 Å². The van der Waals surface area contributed by atoms with E-state index in [4.69, 9.17) is 11.6 Å². The van der Waals surface area contributed by atoms with Crippen LogP contribution >= 0.6 is 11.6 Å². The second kappa shape index (κ2) is 8.59. The summed E-state index contributed by atoms with van der Waals surface area (Å²) in [4.78, 5) is 14.9. The predicted octanol–water partition coefficient (Wildman–Crippen LogP) is 2.81. The maximum absolute atomic E-state index is 12.5. The summed E-state index contributed by atoms with van der Waals surface area (Å²) >= 11 is 6.00. The van der Waals surface area contributed by atoms with Gasteiger partial charge >= 0.3 is 0 Å². The SMILES string of the molecule is CC1CC(C)CN(CC(C)NC(=O)c2ccc(Cl)c(NS(C)(=O)=O)c2)C1. The highest BCUT2D eigenvalue weighted by Crippen LogP contribution is 2.24. The van der Waals surface area contributed by atoms with E-state index in [-0.39, 0.29) is 22.7 Å². The number of anilines is 1. The summed E-state index contributed by atoms with van der Waals surface area (Å²) in [5, 5.41) is 3.23. The third-order valence-electron chi connectivity index (χ3n) is 4.38. The molecule has 0 saturated carbocycles. The Labute approximate surface area is 161 Å². The molecule has 0 aromatic heterocycles. The molecule has 3 atom stereocenters. The first-order chi connectivity index (χ1) is 12.0. The van der Waals surface area contributed by atoms with Crippen molar-refractivity contribution in [2.24, 2.45) is 11.8 Å². The number of halogens is 1. The first kappa shape index (κ1) is 21.0. The van der Waals surface area contributed by atoms with Gasteiger partial charge in [-0.1, -0.05) is 25.4 Å². The minimum Gasteiger partial charge on any atom is -0.348 e. The van der Waals surface area contributed by atoms with Crippen LogP contribution in [0, 0.1) is 11.8 Å². The molecule has 6 nitrogen and oxygen atoms in total. The van der Waals surface area contributed by atoms with E-state index in [0.717, 1.165) is 25.9 Å². The van der Waals surface area contributed by atoms with Crippen molar-refractivity contribution in [3.8, 4) is 0 Å². The largest absolute Gasteiger partial charge is 0.348 e. The highest BCUT2D eigenvalue weighted by molar-refractivity contribution is 7.92. The van der Waals surface area contributed by atoms with Gasteiger partial charge in [0, 0.05) is 31.2 Å². The minimum atomic E-state index is -3.47. The van der Waals surface area contributed by atoms with Crippen LogP contribution in [-0.4, -0.2) is 51.2 Å². The van der Waals surface area contributed by atoms with E-state index in [2.05, 4.69) is 28.8 Å². The molecule has 1 saturated heterocycles. The van der Waals surface area contributed by atoms with Crippen molar-refractivity contribution >= 4 is 33.2 Å². The number of hydrogen-bond acceptors (Lipinski definition) is 4. The lowest BCUT2D eigenvalue weighted by atomic mass is 9.92. The maximum atomic E-state index is 12.5. The molecular weight excluding hydrogens is 374 g/mol. The number of rotatable bonds is 6. The number of carbonyl (C=O) groups excluding carboxylic acids is 1. The van der Waals surface area contributed by atoms with Crippen LogP contribution in [0.25, 0.3) is 0 Å². The van der Waals surface area contributed by atoms with Crippen LogP contribution in [0.3, 0.4) is 0 Å². The molecule has 1 aromatic carbocycles. The molecule has 1 heterocycles. The number of benzene rings is 1. The first-order valence-corrected chi connectivity index (χ1v) is 11.1. The van der Waals surface area contributed by atoms with Crippen molar-refractivity contribution in [1.82, 2.24) is 10.2 Å². The molecule has 2 N–H and O–H groups in total. The average molecular weight is 402 g/mol. The van der Waals surface area contributed by atoms with E-state index < -0.39 is 10.0 Å². The van der Waals surface area contributed by atoms with E-state index in [1.807, 2.05) is 6.92 Å². The Morgan fingerprint density at radius 1 is 1.31 bits per heavy atom. The Morgan fingerprint density at radius 3 is 2.50 bits per heavy atom. The standard InChI is InChI=1S/C18H28ClN3O3S/c1-12-7-13(2)10-22(9-12)11-14(3)20-18(23)15-5-6-16(19)17(8-15)21-26(4,24)25/h5-6,8,12-14,21H,7,9-11H2,1-4H3,(H,20,23). The van der Waals surface area contributed by atoms with Gasteiger partial charge in [-0.05, 0) is 43.4 Å². The fraction of sp³-hybridized carbons (Fsp3) is 0.611. The smallest absolute Gasteiger partial charge is 0.251 e. The second-order valence-corrected chi connectivity index (χ2v) is 9.76. The molecule has 0 aliphatic carbocycles. The van der Waals surface area contributed by atoms with E-state index >= 15 is 0 Å². The lowest BCUT2D eigenvalue weighted by molar-refractivity contribution is 0.0905. The normalized spacial score (nSPS) is 22.7. The topological polar surface area (TPSA) is 78.5 Å². The molecule has 26 heavy (non-hydrogen) atoms. The van der Waals surface area contributed by atoms with Gasteiger partial charge in [-0.25, -0.2) is 8.42 Å². The van der Waals surface area contributed by atoms with Crippen LogP contribution < -0.4 is 10.0 Å². The number of amides is 1. The van der Waals surface area contributed by atoms with Gasteiger partial charge in [-0.3, -0.25) is 9.52 Å². The number of sulfonamides is 1. The van der Waals surface area contributed by atoms with E-state index in [1.54, 1.807) is 6.07 Å². The van der Waals surface area contributed by atoms with Gasteiger partial charge in [0.2, 0.25) is 10.0 Å². The Morgan fingerprint density at radius 2 is 1.92 bits per heavy atom. The number of carbonyl (C=O) groups is 1. The highest BCUT2D eigenvalue weighted by atomic mass is 35.5. The van der Waals surface area contributed by atoms with Crippen LogP contribution in [0.1, 0.15) is 37.6 Å². The zero-order valence-corrected chi connectivity index (χ0v) is 17.3. The molecule has 1 amide bonds. The van der Waals surface area contributed by atoms with Gasteiger partial charge in [0.25, 0.3) is 5.91 Å². The predicted molar refractivity (Wildman–Crippen MR) is 106 cm³/mol. The fourth-order valence-corrected chi connectivity index (χ4v) is 4.41. The summed E-state index contributed by atoms with van der Waals surface area (Å²) < 4.78 is 25.1. The summed E-state index contributed by atoms with van der Waals surface area (Å²) in [7, 11) is -3.47. The van der Waals surface area contributed by atoms with Crippen LogP contribution in [-0.2, 0) is 10.0 Å². The Kier molecular flexibility index (Phi) is 6.93. The molecule has 0 spiro atoms. The summed E-state index contributed by atoms with van der Waals surface area (Å²) in [6.07, 6.45) is 2.29. The molecule has 3 unspecified atom stereocenters. The number of likely N-dealkylation sites (tertiary alicyclic amines) is 1. The molecule has 1 aliphatic heterocycles. The van der Waals surface area contributed by atoms with Gasteiger partial charge in [-0.15, -0.1) is 0 Å². The van der Waals surface area contributed by atoms with Gasteiger partial charge in [0.1, 0.15) is 0 Å². The zero-order valence-electron chi connectivity index (χ0n) is 15.8. The van der Waals surface area contributed by atoms with Crippen molar-refractivity contribution in [3.05, 3.63) is 28.8 Å². The molecule has 0 radical (unpaired) electrons. The van der Waals surface area contributed by atoms with Crippen molar-refractivity contribution in [2.45, 2.75) is 33.2 Å². The lowest BCUT2D eigenvalue weighted by Crippen LogP contribution is -2.47. The fourth-order valence-electron chi connectivity index (χ4n) is 3.63. The Balaban J connectivity index is 1.99. The first-order valence-electron chi connectivity index (χ1n) is 8.84. The Bertz CT molecular complexity index is 744. The van der Waals surface area contributed by atoms with Crippen molar-refractivity contribution in [3.63, 3.8) is 0 Å².